The van der Waals surface area contributed by atoms with Crippen LogP contribution in [0.1, 0.15) is 5.56 Å². The molecule has 0 bridgehead atoms. The zero-order valence-electron chi connectivity index (χ0n) is 10.1. The first-order chi connectivity index (χ1) is 9.76. The molecule has 20 heavy (non-hydrogen) atoms. The second kappa shape index (κ2) is 5.23. The molecule has 0 aliphatic carbocycles. The van der Waals surface area contributed by atoms with Crippen molar-refractivity contribution in [3.8, 4) is 28.9 Å². The van der Waals surface area contributed by atoms with Crippen LogP contribution in [-0.4, -0.2) is 15.1 Å². The number of hydrogen-bond acceptors (Lipinski definition) is 5. The molecule has 0 aliphatic rings. The smallest absolute Gasteiger partial charge is 0.258 e. The van der Waals surface area contributed by atoms with Crippen LogP contribution >= 0.6 is 15.9 Å². The summed E-state index contributed by atoms with van der Waals surface area (Å²) in [7, 11) is 0. The summed E-state index contributed by atoms with van der Waals surface area (Å²) in [5, 5.41) is 12.8. The van der Waals surface area contributed by atoms with Gasteiger partial charge in [-0.15, -0.1) is 0 Å². The molecular weight excluding hydrogens is 320 g/mol. The molecule has 0 N–H and O–H groups in total. The van der Waals surface area contributed by atoms with Gasteiger partial charge < -0.3 is 4.52 Å². The van der Waals surface area contributed by atoms with Gasteiger partial charge in [0.25, 0.3) is 5.89 Å². The highest BCUT2D eigenvalue weighted by Gasteiger charge is 2.11. The summed E-state index contributed by atoms with van der Waals surface area (Å²) in [5.74, 6) is 0.827. The summed E-state index contributed by atoms with van der Waals surface area (Å²) < 4.78 is 6.07. The van der Waals surface area contributed by atoms with Crippen molar-refractivity contribution in [1.82, 2.24) is 15.1 Å². The molecule has 0 amide bonds. The average molecular weight is 327 g/mol. The van der Waals surface area contributed by atoms with Crippen molar-refractivity contribution < 1.29 is 4.52 Å². The van der Waals surface area contributed by atoms with Gasteiger partial charge in [0.1, 0.15) is 0 Å². The predicted octanol–water partition coefficient (Wildman–Crippen LogP) is 3.43. The van der Waals surface area contributed by atoms with Crippen LogP contribution in [-0.2, 0) is 0 Å². The van der Waals surface area contributed by atoms with Crippen LogP contribution in [0, 0.1) is 11.3 Å². The minimum absolute atomic E-state index is 0.372. The maximum absolute atomic E-state index is 8.89. The van der Waals surface area contributed by atoms with E-state index in [9.17, 15) is 0 Å². The lowest BCUT2D eigenvalue weighted by Gasteiger charge is -1.94. The van der Waals surface area contributed by atoms with E-state index in [1.54, 1.807) is 30.6 Å². The molecule has 0 saturated heterocycles. The predicted molar refractivity (Wildman–Crippen MR) is 75.4 cm³/mol. The van der Waals surface area contributed by atoms with Crippen LogP contribution in [0.4, 0.5) is 0 Å². The van der Waals surface area contributed by atoms with Crippen molar-refractivity contribution in [2.45, 2.75) is 0 Å². The number of nitriles is 1. The quantitative estimate of drug-likeness (QED) is 0.721. The molecule has 1 aromatic carbocycles. The van der Waals surface area contributed by atoms with Gasteiger partial charge in [-0.3, -0.25) is 4.98 Å². The zero-order valence-corrected chi connectivity index (χ0v) is 11.7. The van der Waals surface area contributed by atoms with E-state index < -0.39 is 0 Å². The summed E-state index contributed by atoms with van der Waals surface area (Å²) in [6, 6.07) is 11.0. The van der Waals surface area contributed by atoms with E-state index in [1.807, 2.05) is 12.1 Å². The Morgan fingerprint density at radius 1 is 1.15 bits per heavy atom. The Morgan fingerprint density at radius 3 is 2.85 bits per heavy atom. The Balaban J connectivity index is 2.00. The molecule has 0 aliphatic heterocycles. The Labute approximate surface area is 123 Å². The molecule has 0 saturated carbocycles. The monoisotopic (exact) mass is 326 g/mol. The molecular formula is C14H7BrN4O. The number of nitrogens with zero attached hydrogens (tertiary/aromatic N) is 4. The van der Waals surface area contributed by atoms with Crippen molar-refractivity contribution in [3.63, 3.8) is 0 Å². The highest BCUT2D eigenvalue weighted by molar-refractivity contribution is 9.10. The second-order valence-electron chi connectivity index (χ2n) is 4.01. The molecule has 2 aromatic heterocycles. The van der Waals surface area contributed by atoms with Crippen molar-refractivity contribution in [3.05, 3.63) is 52.8 Å². The normalized spacial score (nSPS) is 10.2. The van der Waals surface area contributed by atoms with Gasteiger partial charge >= 0.3 is 0 Å². The minimum Gasteiger partial charge on any atom is -0.334 e. The van der Waals surface area contributed by atoms with E-state index >= 15 is 0 Å². The number of pyridine rings is 1. The summed E-state index contributed by atoms with van der Waals surface area (Å²) in [6.45, 7) is 0. The number of aromatic nitrogens is 3. The molecule has 2 heterocycles. The van der Waals surface area contributed by atoms with Gasteiger partial charge in [-0.25, -0.2) is 0 Å². The van der Waals surface area contributed by atoms with Crippen LogP contribution in [0.3, 0.4) is 0 Å². The lowest BCUT2D eigenvalue weighted by Crippen LogP contribution is -1.83. The molecule has 0 unspecified atom stereocenters. The van der Waals surface area contributed by atoms with E-state index in [4.69, 9.17) is 9.78 Å². The van der Waals surface area contributed by atoms with Crippen molar-refractivity contribution in [2.75, 3.05) is 0 Å². The van der Waals surface area contributed by atoms with Crippen LogP contribution in [0.5, 0.6) is 0 Å². The third-order valence-corrected chi connectivity index (χ3v) is 3.06. The Hall–Kier alpha value is -2.52. The molecule has 3 rings (SSSR count). The van der Waals surface area contributed by atoms with E-state index in [1.165, 1.54) is 0 Å². The third kappa shape index (κ3) is 2.44. The minimum atomic E-state index is 0.372. The first-order valence-electron chi connectivity index (χ1n) is 5.71. The number of benzene rings is 1. The van der Waals surface area contributed by atoms with Gasteiger partial charge in [0.15, 0.2) is 0 Å². The van der Waals surface area contributed by atoms with Gasteiger partial charge in [0.05, 0.1) is 11.6 Å². The van der Waals surface area contributed by atoms with Crippen molar-refractivity contribution in [2.24, 2.45) is 0 Å². The molecule has 6 heteroatoms. The number of hydrogen-bond donors (Lipinski definition) is 0. The summed E-state index contributed by atoms with van der Waals surface area (Å²) in [4.78, 5) is 8.38. The fraction of sp³-hybridized carbons (Fsp3) is 0. The topological polar surface area (TPSA) is 75.6 Å². The van der Waals surface area contributed by atoms with E-state index in [-0.39, 0.29) is 0 Å². The molecule has 5 nitrogen and oxygen atoms in total. The largest absolute Gasteiger partial charge is 0.334 e. The van der Waals surface area contributed by atoms with Gasteiger partial charge in [-0.1, -0.05) is 11.2 Å². The van der Waals surface area contributed by atoms with E-state index in [0.717, 1.165) is 10.0 Å². The second-order valence-corrected chi connectivity index (χ2v) is 4.92. The Kier molecular flexibility index (Phi) is 3.27. The molecule has 96 valence electrons. The van der Waals surface area contributed by atoms with Crippen LogP contribution in [0.25, 0.3) is 22.8 Å². The lowest BCUT2D eigenvalue weighted by atomic mass is 10.1. The molecule has 0 atom stereocenters. The van der Waals surface area contributed by atoms with Gasteiger partial charge in [-0.2, -0.15) is 10.2 Å². The van der Waals surface area contributed by atoms with Crippen molar-refractivity contribution in [1.29, 1.82) is 5.26 Å². The average Bonchev–Trinajstić information content (AvgIpc) is 2.97. The SMILES string of the molecule is N#Cc1cccc(-c2nc(-c3cncc(Br)c3)no2)c1. The highest BCUT2D eigenvalue weighted by Crippen LogP contribution is 2.23. The van der Waals surface area contributed by atoms with Crippen molar-refractivity contribution >= 4 is 15.9 Å². The first-order valence-corrected chi connectivity index (χ1v) is 6.51. The van der Waals surface area contributed by atoms with Gasteiger partial charge in [-0.05, 0) is 40.2 Å². The van der Waals surface area contributed by atoms with Gasteiger partial charge in [0, 0.05) is 28.0 Å². The summed E-state index contributed by atoms with van der Waals surface area (Å²) in [6.07, 6.45) is 3.34. The number of halogens is 1. The molecule has 0 radical (unpaired) electrons. The number of rotatable bonds is 2. The highest BCUT2D eigenvalue weighted by atomic mass is 79.9. The molecule has 0 fully saturated rings. The Morgan fingerprint density at radius 2 is 2.05 bits per heavy atom. The maximum Gasteiger partial charge on any atom is 0.258 e. The Bertz CT molecular complexity index is 807. The van der Waals surface area contributed by atoms with E-state index in [0.29, 0.717) is 22.8 Å². The fourth-order valence-corrected chi connectivity index (χ4v) is 2.08. The van der Waals surface area contributed by atoms with Crippen LogP contribution in [0.2, 0.25) is 0 Å². The van der Waals surface area contributed by atoms with Gasteiger partial charge in [0.2, 0.25) is 5.82 Å². The lowest BCUT2D eigenvalue weighted by molar-refractivity contribution is 0.432. The molecule has 0 spiro atoms. The first kappa shape index (κ1) is 12.5. The van der Waals surface area contributed by atoms with Crippen LogP contribution in [0.15, 0.2) is 51.7 Å². The summed E-state index contributed by atoms with van der Waals surface area (Å²) in [5.41, 5.74) is 2.02. The standard InChI is InChI=1S/C14H7BrN4O/c15-12-5-11(7-17-8-12)13-18-14(20-19-13)10-3-1-2-9(4-10)6-16/h1-5,7-8H. The summed E-state index contributed by atoms with van der Waals surface area (Å²) >= 11 is 3.35. The van der Waals surface area contributed by atoms with Crippen LogP contribution < -0.4 is 0 Å². The maximum atomic E-state index is 8.89. The van der Waals surface area contributed by atoms with E-state index in [2.05, 4.69) is 37.1 Å². The fourth-order valence-electron chi connectivity index (χ4n) is 1.71. The third-order valence-electron chi connectivity index (χ3n) is 2.63. The molecule has 3 aromatic rings. The zero-order chi connectivity index (χ0) is 13.9.